The molecule has 1 unspecified atom stereocenters. The Morgan fingerprint density at radius 1 is 0.683 bits per heavy atom. The van der Waals surface area contributed by atoms with Gasteiger partial charge in [-0.15, -0.1) is 9.13 Å². The summed E-state index contributed by atoms with van der Waals surface area (Å²) < 4.78 is 41.6. The molecule has 5 heterocycles. The Hall–Kier alpha value is -6.11. The molecule has 0 amide bonds. The number of furan rings is 1. The van der Waals surface area contributed by atoms with Gasteiger partial charge in [0.25, 0.3) is 0 Å². The monoisotopic (exact) mass is 846 g/mol. The van der Waals surface area contributed by atoms with Gasteiger partial charge in [-0.2, -0.15) is 4.57 Å². The normalized spacial score (nSPS) is 15.9. The van der Waals surface area contributed by atoms with Gasteiger partial charge in [0.05, 0.1) is 24.8 Å². The zero-order valence-electron chi connectivity index (χ0n) is 39.3. The number of halogens is 1. The lowest BCUT2D eigenvalue weighted by Crippen LogP contribution is -2.72. The molecule has 1 atom stereocenters. The molecule has 0 saturated heterocycles. The van der Waals surface area contributed by atoms with E-state index in [4.69, 9.17) is 4.42 Å². The number of fused-ring (bicyclic) bond motifs is 16. The molecule has 0 aliphatic carbocycles. The number of nitrogens with zero attached hydrogens (tertiary/aromatic N) is 3. The second-order valence-electron chi connectivity index (χ2n) is 20.1. The van der Waals surface area contributed by atoms with Crippen molar-refractivity contribution in [2.24, 2.45) is 0 Å². The van der Waals surface area contributed by atoms with E-state index < -0.39 is 19.6 Å². The molecule has 0 saturated carbocycles. The van der Waals surface area contributed by atoms with Crippen LogP contribution >= 0.6 is 0 Å². The van der Waals surface area contributed by atoms with Crippen LogP contribution in [0.15, 0.2) is 126 Å². The summed E-state index contributed by atoms with van der Waals surface area (Å²) in [6.45, 7) is 24.3. The van der Waals surface area contributed by atoms with E-state index in [-0.39, 0.29) is 17.7 Å². The van der Waals surface area contributed by atoms with E-state index in [9.17, 15) is 1.37 Å². The van der Waals surface area contributed by atoms with Gasteiger partial charge in [0.15, 0.2) is 22.8 Å². The average Bonchev–Trinajstić information content (AvgIpc) is 3.95. The smallest absolute Gasteiger partial charge is 0.365 e. The molecule has 3 aromatic heterocycles. The third kappa shape index (κ3) is 5.43. The second kappa shape index (κ2) is 13.7. The minimum atomic E-state index is -2.12. The van der Waals surface area contributed by atoms with Crippen molar-refractivity contribution >= 4 is 46.2 Å². The van der Waals surface area contributed by atoms with Crippen molar-refractivity contribution in [3.8, 4) is 39.5 Å². The molecular weight excluding hydrogens is 790 g/mol. The summed E-state index contributed by atoms with van der Waals surface area (Å²) in [6, 6.07) is 41.4. The lowest BCUT2D eigenvalue weighted by Gasteiger charge is -2.25. The molecular formula is C57H56FN3OSi+2. The first-order chi connectivity index (χ1) is 30.4. The third-order valence-corrected chi connectivity index (χ3v) is 16.0. The van der Waals surface area contributed by atoms with Crippen molar-refractivity contribution in [2.45, 2.75) is 98.4 Å². The van der Waals surface area contributed by atoms with Crippen LogP contribution < -0.4 is 14.3 Å². The van der Waals surface area contributed by atoms with Crippen molar-refractivity contribution in [3.05, 3.63) is 166 Å². The standard InChI is InChI=1S/C57H56FN3OSi/c1-32(2)39-15-14-16-40(33(3)4)54(39)60-47-17-12-13-18-48(47)61-56(60)53-44(26-25-42-41-24-23-38(29-50(41)62-55(42)53)37-21-19-35(7)20-22-37)57(61)45-27-36(8)28-46(58)52(45)49-30-43(34(5)6)51(31-59(49)57)63(9,10)11/h12-34H,1-11H3/q+2/i34D. The number of aromatic nitrogens is 3. The highest BCUT2D eigenvalue weighted by Gasteiger charge is 2.68. The van der Waals surface area contributed by atoms with Gasteiger partial charge in [-0.3, -0.25) is 0 Å². The molecule has 2 aliphatic heterocycles. The Balaban J connectivity index is 1.38. The summed E-state index contributed by atoms with van der Waals surface area (Å²) in [7, 11) is -2.12. The lowest BCUT2D eigenvalue weighted by molar-refractivity contribution is -0.944. The molecule has 0 fully saturated rings. The van der Waals surface area contributed by atoms with E-state index >= 15 is 4.39 Å². The predicted octanol–water partition coefficient (Wildman–Crippen LogP) is 13.7. The van der Waals surface area contributed by atoms with E-state index in [0.29, 0.717) is 5.56 Å². The SMILES string of the molecule is [2H]C(C)(C)c1cc2[n+](cc1[Si](C)(C)C)C1(c3cc(C)cc(F)c3-2)c2ccc3c(oc4cc(-c5ccc(C)cc5)ccc43)c2-c2n(-c3c(C(C)C)cccc3C(C)C)c3ccccc3[n+]21. The van der Waals surface area contributed by atoms with Crippen LogP contribution in [0.4, 0.5) is 4.39 Å². The molecule has 6 aromatic carbocycles. The van der Waals surface area contributed by atoms with Crippen LogP contribution in [0.25, 0.3) is 72.4 Å². The Morgan fingerprint density at radius 2 is 1.37 bits per heavy atom. The Labute approximate surface area is 372 Å². The Bertz CT molecular complexity index is 3430. The number of benzene rings is 6. The van der Waals surface area contributed by atoms with Crippen molar-refractivity contribution in [3.63, 3.8) is 0 Å². The van der Waals surface area contributed by atoms with Crippen molar-refractivity contribution < 1.29 is 19.3 Å². The summed E-state index contributed by atoms with van der Waals surface area (Å²) in [5, 5.41) is 3.29. The Kier molecular flexibility index (Phi) is 8.38. The highest BCUT2D eigenvalue weighted by molar-refractivity contribution is 6.89. The van der Waals surface area contributed by atoms with E-state index in [2.05, 4.69) is 183 Å². The lowest BCUT2D eigenvalue weighted by atomic mass is 9.87. The van der Waals surface area contributed by atoms with Gasteiger partial charge in [0.2, 0.25) is 5.69 Å². The number of hydrogen-bond acceptors (Lipinski definition) is 1. The fraction of sp³-hybridized carbons (Fsp3) is 0.263. The van der Waals surface area contributed by atoms with Crippen LogP contribution in [0.1, 0.15) is 99.6 Å². The third-order valence-electron chi connectivity index (χ3n) is 14.0. The molecule has 1 spiro atoms. The summed E-state index contributed by atoms with van der Waals surface area (Å²) in [5.41, 5.74) is 16.0. The first-order valence-electron chi connectivity index (χ1n) is 23.1. The van der Waals surface area contributed by atoms with Gasteiger partial charge >= 0.3 is 11.5 Å². The molecule has 63 heavy (non-hydrogen) atoms. The predicted molar refractivity (Wildman–Crippen MR) is 260 cm³/mol. The summed E-state index contributed by atoms with van der Waals surface area (Å²) in [6.07, 6.45) is 2.32. The van der Waals surface area contributed by atoms with E-state index in [1.807, 2.05) is 20.8 Å². The largest absolute Gasteiger partial charge is 0.455 e. The molecule has 0 radical (unpaired) electrons. The number of para-hydroxylation sites is 3. The number of pyridine rings is 1. The van der Waals surface area contributed by atoms with Gasteiger partial charge in [-0.05, 0) is 102 Å². The molecule has 0 N–H and O–H groups in total. The van der Waals surface area contributed by atoms with Crippen molar-refractivity contribution in [2.75, 3.05) is 0 Å². The number of imidazole rings is 1. The van der Waals surface area contributed by atoms with E-state index in [0.717, 1.165) is 83.4 Å². The summed E-state index contributed by atoms with van der Waals surface area (Å²) in [5.74, 6) is 0.308. The van der Waals surface area contributed by atoms with Gasteiger partial charge in [0.1, 0.15) is 22.7 Å². The highest BCUT2D eigenvalue weighted by Crippen LogP contribution is 2.54. The van der Waals surface area contributed by atoms with E-state index in [1.54, 1.807) is 6.07 Å². The van der Waals surface area contributed by atoms with Crippen LogP contribution in [0, 0.1) is 19.7 Å². The van der Waals surface area contributed by atoms with E-state index in [1.165, 1.54) is 27.6 Å². The maximum atomic E-state index is 17.4. The highest BCUT2D eigenvalue weighted by atomic mass is 28.3. The average molecular weight is 847 g/mol. The molecule has 0 bridgehead atoms. The molecule has 4 nitrogen and oxygen atoms in total. The maximum Gasteiger partial charge on any atom is 0.365 e. The van der Waals surface area contributed by atoms with Crippen LogP contribution in [0.5, 0.6) is 0 Å². The minimum absolute atomic E-state index is 0.234. The fourth-order valence-electron chi connectivity index (χ4n) is 11.1. The van der Waals surface area contributed by atoms with Crippen LogP contribution in [-0.4, -0.2) is 12.6 Å². The first kappa shape index (κ1) is 38.6. The van der Waals surface area contributed by atoms with Crippen LogP contribution in [0.3, 0.4) is 0 Å². The van der Waals surface area contributed by atoms with Gasteiger partial charge in [-0.1, -0.05) is 127 Å². The van der Waals surface area contributed by atoms with Crippen molar-refractivity contribution in [1.29, 1.82) is 0 Å². The molecule has 314 valence electrons. The summed E-state index contributed by atoms with van der Waals surface area (Å²) >= 11 is 0. The topological polar surface area (TPSA) is 25.8 Å². The zero-order valence-corrected chi connectivity index (χ0v) is 39.3. The molecule has 11 rings (SSSR count). The van der Waals surface area contributed by atoms with Gasteiger partial charge < -0.3 is 4.42 Å². The minimum Gasteiger partial charge on any atom is -0.455 e. The number of hydrogen-bond donors (Lipinski definition) is 0. The quantitative estimate of drug-likeness (QED) is 0.121. The van der Waals surface area contributed by atoms with Gasteiger partial charge in [-0.25, -0.2) is 4.39 Å². The molecule has 9 aromatic rings. The first-order valence-corrected chi connectivity index (χ1v) is 26.1. The molecule has 2 aliphatic rings. The number of rotatable bonds is 6. The van der Waals surface area contributed by atoms with Gasteiger partial charge in [0, 0.05) is 34.5 Å². The summed E-state index contributed by atoms with van der Waals surface area (Å²) in [4.78, 5) is 0. The second-order valence-corrected chi connectivity index (χ2v) is 25.1. The zero-order chi connectivity index (χ0) is 44.9. The fourth-order valence-corrected chi connectivity index (χ4v) is 12.7. The maximum absolute atomic E-state index is 17.4. The number of aryl methyl sites for hydroxylation is 2. The Morgan fingerprint density at radius 3 is 2.05 bits per heavy atom. The van der Waals surface area contributed by atoms with Crippen LogP contribution in [0.2, 0.25) is 19.6 Å². The molecule has 6 heteroatoms. The van der Waals surface area contributed by atoms with Crippen LogP contribution in [-0.2, 0) is 5.66 Å². The van der Waals surface area contributed by atoms with Crippen molar-refractivity contribution in [1.82, 2.24) is 4.57 Å².